The molecule has 6 heteroatoms. The average Bonchev–Trinajstić information content (AvgIpc) is 3.05. The van der Waals surface area contributed by atoms with Crippen molar-refractivity contribution in [1.82, 2.24) is 20.1 Å². The lowest BCUT2D eigenvalue weighted by Gasteiger charge is -2.35. The number of hydrogen-bond donors (Lipinski definition) is 2. The van der Waals surface area contributed by atoms with E-state index >= 15 is 0 Å². The Morgan fingerprint density at radius 2 is 2.36 bits per heavy atom. The van der Waals surface area contributed by atoms with Crippen molar-refractivity contribution in [1.29, 1.82) is 0 Å². The Morgan fingerprint density at radius 3 is 3.05 bits per heavy atom. The van der Waals surface area contributed by atoms with E-state index in [-0.39, 0.29) is 17.6 Å². The van der Waals surface area contributed by atoms with E-state index < -0.39 is 0 Å². The van der Waals surface area contributed by atoms with Crippen molar-refractivity contribution >= 4 is 5.91 Å². The Morgan fingerprint density at radius 1 is 1.55 bits per heavy atom. The molecule has 1 atom stereocenters. The van der Waals surface area contributed by atoms with Crippen molar-refractivity contribution in [2.24, 2.45) is 7.05 Å². The molecule has 1 amide bonds. The molecule has 1 saturated heterocycles. The molecule has 0 radical (unpaired) electrons. The number of H-pyrrole nitrogens is 1. The largest absolute Gasteiger partial charge is 0.375 e. The molecule has 2 aromatic rings. The van der Waals surface area contributed by atoms with Gasteiger partial charge in [-0.1, -0.05) is 0 Å². The first-order chi connectivity index (χ1) is 10.4. The summed E-state index contributed by atoms with van der Waals surface area (Å²) >= 11 is 0. The Hall–Kier alpha value is -2.08. The fraction of sp³-hybridized carbons (Fsp3) is 0.500. The van der Waals surface area contributed by atoms with Gasteiger partial charge in [0.05, 0.1) is 11.3 Å². The van der Waals surface area contributed by atoms with Crippen LogP contribution in [-0.4, -0.2) is 38.9 Å². The molecule has 0 aliphatic carbocycles. The van der Waals surface area contributed by atoms with Gasteiger partial charge in [0, 0.05) is 37.7 Å². The number of ether oxygens (including phenoxy) is 1. The van der Waals surface area contributed by atoms with Gasteiger partial charge in [-0.15, -0.1) is 0 Å². The van der Waals surface area contributed by atoms with Crippen molar-refractivity contribution in [3.63, 3.8) is 0 Å². The molecular formula is C16H22N4O2. The SMILES string of the molecule is Cn1ccc(-c2cc(C(=O)NC3CCOC(C)(C)C3)[nH]n2)c1. The van der Waals surface area contributed by atoms with Crippen molar-refractivity contribution < 1.29 is 9.53 Å². The van der Waals surface area contributed by atoms with Crippen LogP contribution in [-0.2, 0) is 11.8 Å². The summed E-state index contributed by atoms with van der Waals surface area (Å²) in [6, 6.07) is 3.90. The lowest BCUT2D eigenvalue weighted by Crippen LogP contribution is -2.45. The maximum absolute atomic E-state index is 12.3. The van der Waals surface area contributed by atoms with E-state index in [1.165, 1.54) is 0 Å². The predicted molar refractivity (Wildman–Crippen MR) is 83.5 cm³/mol. The molecule has 0 aromatic carbocycles. The van der Waals surface area contributed by atoms with Gasteiger partial charge in [0.1, 0.15) is 5.69 Å². The molecule has 1 fully saturated rings. The van der Waals surface area contributed by atoms with Crippen LogP contribution in [0.15, 0.2) is 24.5 Å². The second-order valence-electron chi connectivity index (χ2n) is 6.50. The van der Waals surface area contributed by atoms with Crippen LogP contribution < -0.4 is 5.32 Å². The van der Waals surface area contributed by atoms with Crippen molar-refractivity contribution in [2.45, 2.75) is 38.3 Å². The van der Waals surface area contributed by atoms with Crippen LogP contribution in [0.25, 0.3) is 11.3 Å². The number of carbonyl (C=O) groups is 1. The van der Waals surface area contributed by atoms with Gasteiger partial charge in [-0.05, 0) is 38.8 Å². The molecule has 0 saturated carbocycles. The maximum atomic E-state index is 12.3. The van der Waals surface area contributed by atoms with E-state index in [9.17, 15) is 4.79 Å². The zero-order chi connectivity index (χ0) is 15.7. The number of hydrogen-bond acceptors (Lipinski definition) is 3. The third kappa shape index (κ3) is 3.22. The minimum Gasteiger partial charge on any atom is -0.375 e. The Bertz CT molecular complexity index is 671. The molecule has 0 spiro atoms. The molecule has 0 bridgehead atoms. The number of aromatic nitrogens is 3. The van der Waals surface area contributed by atoms with Gasteiger partial charge in [-0.25, -0.2) is 0 Å². The highest BCUT2D eigenvalue weighted by molar-refractivity contribution is 5.93. The predicted octanol–water partition coefficient (Wildman–Crippen LogP) is 2.10. The van der Waals surface area contributed by atoms with Crippen molar-refractivity contribution in [2.75, 3.05) is 6.61 Å². The summed E-state index contributed by atoms with van der Waals surface area (Å²) in [5.41, 5.74) is 2.07. The van der Waals surface area contributed by atoms with Gasteiger partial charge in [0.25, 0.3) is 5.91 Å². The van der Waals surface area contributed by atoms with Crippen molar-refractivity contribution in [3.05, 3.63) is 30.2 Å². The molecule has 3 heterocycles. The summed E-state index contributed by atoms with van der Waals surface area (Å²) in [7, 11) is 1.96. The van der Waals surface area contributed by atoms with Crippen LogP contribution in [0.3, 0.4) is 0 Å². The Kier molecular flexibility index (Phi) is 3.78. The quantitative estimate of drug-likeness (QED) is 0.912. The van der Waals surface area contributed by atoms with E-state index in [0.717, 1.165) is 24.1 Å². The summed E-state index contributed by atoms with van der Waals surface area (Å²) in [5, 5.41) is 10.1. The van der Waals surface area contributed by atoms with Crippen LogP contribution >= 0.6 is 0 Å². The highest BCUT2D eigenvalue weighted by atomic mass is 16.5. The number of rotatable bonds is 3. The van der Waals surface area contributed by atoms with Gasteiger partial charge in [0.15, 0.2) is 0 Å². The minimum absolute atomic E-state index is 0.114. The van der Waals surface area contributed by atoms with Crippen molar-refractivity contribution in [3.8, 4) is 11.3 Å². The Balaban J connectivity index is 1.67. The van der Waals surface area contributed by atoms with E-state index in [4.69, 9.17) is 4.74 Å². The Labute approximate surface area is 129 Å². The first kappa shape index (κ1) is 14.8. The standard InChI is InChI=1S/C16H22N4O2/c1-16(2)9-12(5-7-22-16)17-15(21)14-8-13(18-19-14)11-4-6-20(3)10-11/h4,6,8,10,12H,5,7,9H2,1-3H3,(H,17,21)(H,18,19). The zero-order valence-corrected chi connectivity index (χ0v) is 13.2. The fourth-order valence-corrected chi connectivity index (χ4v) is 2.86. The molecule has 1 aliphatic rings. The zero-order valence-electron chi connectivity index (χ0n) is 13.2. The van der Waals surface area contributed by atoms with Crippen LogP contribution in [0.5, 0.6) is 0 Å². The number of nitrogens with one attached hydrogen (secondary N) is 2. The first-order valence-corrected chi connectivity index (χ1v) is 7.55. The molecule has 1 aliphatic heterocycles. The highest BCUT2D eigenvalue weighted by Crippen LogP contribution is 2.24. The maximum Gasteiger partial charge on any atom is 0.269 e. The lowest BCUT2D eigenvalue weighted by atomic mass is 9.94. The van der Waals surface area contributed by atoms with E-state index in [0.29, 0.717) is 12.3 Å². The molecule has 6 nitrogen and oxygen atoms in total. The van der Waals surface area contributed by atoms with Crippen LogP contribution in [0.4, 0.5) is 0 Å². The normalized spacial score (nSPS) is 20.8. The van der Waals surface area contributed by atoms with Crippen LogP contribution in [0, 0.1) is 0 Å². The second kappa shape index (κ2) is 5.61. The first-order valence-electron chi connectivity index (χ1n) is 7.55. The molecule has 3 rings (SSSR count). The second-order valence-corrected chi connectivity index (χ2v) is 6.50. The molecule has 2 aromatic heterocycles. The number of aryl methyl sites for hydroxylation is 1. The monoisotopic (exact) mass is 302 g/mol. The molecule has 118 valence electrons. The van der Waals surface area contributed by atoms with E-state index in [1.807, 2.05) is 30.1 Å². The minimum atomic E-state index is -0.181. The third-order valence-electron chi connectivity index (χ3n) is 3.98. The summed E-state index contributed by atoms with van der Waals surface area (Å²) in [6.45, 7) is 4.78. The van der Waals surface area contributed by atoms with Gasteiger partial charge >= 0.3 is 0 Å². The molecule has 22 heavy (non-hydrogen) atoms. The highest BCUT2D eigenvalue weighted by Gasteiger charge is 2.30. The van der Waals surface area contributed by atoms with E-state index in [2.05, 4.69) is 29.4 Å². The number of nitrogens with zero attached hydrogens (tertiary/aromatic N) is 2. The molecular weight excluding hydrogens is 280 g/mol. The van der Waals surface area contributed by atoms with Gasteiger partial charge < -0.3 is 14.6 Å². The molecule has 1 unspecified atom stereocenters. The number of aromatic amines is 1. The van der Waals surface area contributed by atoms with Crippen LogP contribution in [0.2, 0.25) is 0 Å². The summed E-state index contributed by atoms with van der Waals surface area (Å²) in [5.74, 6) is -0.114. The van der Waals surface area contributed by atoms with Gasteiger partial charge in [0.2, 0.25) is 0 Å². The topological polar surface area (TPSA) is 71.9 Å². The van der Waals surface area contributed by atoms with E-state index in [1.54, 1.807) is 6.07 Å². The smallest absolute Gasteiger partial charge is 0.269 e. The number of amides is 1. The van der Waals surface area contributed by atoms with Gasteiger partial charge in [-0.2, -0.15) is 5.10 Å². The summed E-state index contributed by atoms with van der Waals surface area (Å²) < 4.78 is 7.63. The lowest BCUT2D eigenvalue weighted by molar-refractivity contribution is -0.0615. The summed E-state index contributed by atoms with van der Waals surface area (Å²) in [4.78, 5) is 12.3. The summed E-state index contributed by atoms with van der Waals surface area (Å²) in [6.07, 6.45) is 5.58. The molecule has 2 N–H and O–H groups in total. The third-order valence-corrected chi connectivity index (χ3v) is 3.98. The number of carbonyl (C=O) groups excluding carboxylic acids is 1. The fourth-order valence-electron chi connectivity index (χ4n) is 2.86. The van der Waals surface area contributed by atoms with Crippen LogP contribution in [0.1, 0.15) is 37.2 Å². The van der Waals surface area contributed by atoms with Gasteiger partial charge in [-0.3, -0.25) is 9.89 Å². The average molecular weight is 302 g/mol.